The van der Waals surface area contributed by atoms with Gasteiger partial charge in [-0.2, -0.15) is 0 Å². The van der Waals surface area contributed by atoms with Gasteiger partial charge < -0.3 is 14.5 Å². The van der Waals surface area contributed by atoms with Crippen molar-refractivity contribution >= 4 is 17.2 Å². The van der Waals surface area contributed by atoms with E-state index in [0.717, 1.165) is 43.3 Å². The largest absolute Gasteiger partial charge is 0.495 e. The van der Waals surface area contributed by atoms with Gasteiger partial charge in [0.15, 0.2) is 5.78 Å². The Labute approximate surface area is 179 Å². The topological polar surface area (TPSA) is 36.0 Å². The molecule has 5 nitrogen and oxygen atoms in total. The lowest BCUT2D eigenvalue weighted by Gasteiger charge is -2.36. The van der Waals surface area contributed by atoms with Gasteiger partial charge in [0.1, 0.15) is 5.75 Å². The van der Waals surface area contributed by atoms with Crippen molar-refractivity contribution in [3.8, 4) is 5.75 Å². The lowest BCUT2D eigenvalue weighted by Crippen LogP contribution is -2.48. The minimum absolute atomic E-state index is 0.163. The molecule has 0 aromatic heterocycles. The van der Waals surface area contributed by atoms with Gasteiger partial charge >= 0.3 is 0 Å². The van der Waals surface area contributed by atoms with Crippen molar-refractivity contribution < 1.29 is 9.53 Å². The number of para-hydroxylation sites is 3. The fourth-order valence-corrected chi connectivity index (χ4v) is 4.72. The molecule has 2 aliphatic rings. The number of nitrogens with zero attached hydrogens (tertiary/aromatic N) is 3. The average Bonchev–Trinajstić information content (AvgIpc) is 2.95. The Morgan fingerprint density at radius 1 is 1.00 bits per heavy atom. The van der Waals surface area contributed by atoms with Crippen LogP contribution in [0.15, 0.2) is 60.3 Å². The average molecular weight is 406 g/mol. The van der Waals surface area contributed by atoms with Crippen molar-refractivity contribution in [2.75, 3.05) is 56.7 Å². The summed E-state index contributed by atoms with van der Waals surface area (Å²) < 4.78 is 5.50. The van der Waals surface area contributed by atoms with Gasteiger partial charge in [0.05, 0.1) is 19.3 Å². The number of piperazine rings is 1. The maximum absolute atomic E-state index is 12.9. The number of hydrogen-bond donors (Lipinski definition) is 0. The summed E-state index contributed by atoms with van der Waals surface area (Å²) in [4.78, 5) is 19.7. The molecule has 5 heteroatoms. The van der Waals surface area contributed by atoms with Crippen LogP contribution in [0.25, 0.3) is 0 Å². The highest BCUT2D eigenvalue weighted by Gasteiger charge is 2.38. The van der Waals surface area contributed by atoms with Gasteiger partial charge in [0.25, 0.3) is 0 Å². The van der Waals surface area contributed by atoms with Gasteiger partial charge in [-0.05, 0) is 23.8 Å². The Morgan fingerprint density at radius 3 is 2.30 bits per heavy atom. The summed E-state index contributed by atoms with van der Waals surface area (Å²) in [5.74, 6) is 1.07. The maximum Gasteiger partial charge on any atom is 0.171 e. The molecule has 2 aliphatic heterocycles. The van der Waals surface area contributed by atoms with E-state index in [0.29, 0.717) is 6.54 Å². The number of ether oxygens (including phenoxy) is 1. The molecule has 30 heavy (non-hydrogen) atoms. The lowest BCUT2D eigenvalue weighted by molar-refractivity contribution is -0.115. The predicted molar refractivity (Wildman–Crippen MR) is 123 cm³/mol. The third kappa shape index (κ3) is 3.70. The molecule has 0 unspecified atom stereocenters. The van der Waals surface area contributed by atoms with Crippen LogP contribution >= 0.6 is 0 Å². The normalized spacial score (nSPS) is 19.8. The number of fused-ring (bicyclic) bond motifs is 1. The summed E-state index contributed by atoms with van der Waals surface area (Å²) in [6.07, 6.45) is 1.85. The predicted octanol–water partition coefficient (Wildman–Crippen LogP) is 3.70. The van der Waals surface area contributed by atoms with Crippen LogP contribution in [0.2, 0.25) is 0 Å². The standard InChI is InChI=1S/C25H31N3O2/c1-25(2)20-9-5-6-10-21(20)26(3)24(25)17-19(29)18-27-13-15-28(16-14-27)22-11-7-8-12-23(22)30-4/h5-12,17H,13-16,18H2,1-4H3/b24-17+. The number of anilines is 2. The molecule has 0 N–H and O–H groups in total. The van der Waals surface area contributed by atoms with Crippen molar-refractivity contribution in [3.05, 3.63) is 65.9 Å². The summed E-state index contributed by atoms with van der Waals surface area (Å²) in [7, 11) is 3.76. The second kappa shape index (κ2) is 8.15. The molecule has 0 saturated carbocycles. The van der Waals surface area contributed by atoms with E-state index in [1.54, 1.807) is 7.11 Å². The molecule has 0 radical (unpaired) electrons. The van der Waals surface area contributed by atoms with Crippen LogP contribution in [0.4, 0.5) is 11.4 Å². The van der Waals surface area contributed by atoms with Crippen LogP contribution in [0.3, 0.4) is 0 Å². The molecular weight excluding hydrogens is 374 g/mol. The van der Waals surface area contributed by atoms with E-state index in [1.165, 1.54) is 11.3 Å². The first-order valence-corrected chi connectivity index (χ1v) is 10.6. The fraction of sp³-hybridized carbons (Fsp3) is 0.400. The van der Waals surface area contributed by atoms with Crippen molar-refractivity contribution in [1.29, 1.82) is 0 Å². The van der Waals surface area contributed by atoms with Crippen LogP contribution in [-0.2, 0) is 10.2 Å². The Balaban J connectivity index is 1.40. The molecule has 158 valence electrons. The smallest absolute Gasteiger partial charge is 0.171 e. The van der Waals surface area contributed by atoms with Gasteiger partial charge in [-0.1, -0.05) is 44.2 Å². The number of allylic oxidation sites excluding steroid dienone is 1. The second-order valence-corrected chi connectivity index (χ2v) is 8.63. The van der Waals surface area contributed by atoms with E-state index in [2.05, 4.69) is 65.9 Å². The van der Waals surface area contributed by atoms with E-state index >= 15 is 0 Å². The number of carbonyl (C=O) groups is 1. The van der Waals surface area contributed by atoms with Crippen LogP contribution in [0.1, 0.15) is 19.4 Å². The molecule has 0 bridgehead atoms. The lowest BCUT2D eigenvalue weighted by atomic mass is 9.83. The van der Waals surface area contributed by atoms with E-state index in [9.17, 15) is 4.79 Å². The summed E-state index contributed by atoms with van der Waals surface area (Å²) in [6, 6.07) is 16.5. The number of carbonyl (C=O) groups excluding carboxylic acids is 1. The summed E-state index contributed by atoms with van der Waals surface area (Å²) >= 11 is 0. The minimum Gasteiger partial charge on any atom is -0.495 e. The van der Waals surface area contributed by atoms with Gasteiger partial charge in [-0.3, -0.25) is 9.69 Å². The van der Waals surface area contributed by atoms with Gasteiger partial charge in [0, 0.05) is 56.1 Å². The van der Waals surface area contributed by atoms with E-state index in [-0.39, 0.29) is 11.2 Å². The third-order valence-corrected chi connectivity index (χ3v) is 6.42. The first-order valence-electron chi connectivity index (χ1n) is 10.6. The Morgan fingerprint density at radius 2 is 1.63 bits per heavy atom. The summed E-state index contributed by atoms with van der Waals surface area (Å²) in [6.45, 7) is 8.37. The number of likely N-dealkylation sites (N-methyl/N-ethyl adjacent to an activating group) is 1. The number of hydrogen-bond acceptors (Lipinski definition) is 5. The number of ketones is 1. The molecule has 0 aliphatic carbocycles. The third-order valence-electron chi connectivity index (χ3n) is 6.42. The maximum atomic E-state index is 12.9. The molecule has 0 amide bonds. The molecule has 2 aromatic rings. The Bertz CT molecular complexity index is 958. The molecule has 0 spiro atoms. The van der Waals surface area contributed by atoms with E-state index in [4.69, 9.17) is 4.74 Å². The molecule has 2 heterocycles. The van der Waals surface area contributed by atoms with Crippen molar-refractivity contribution in [2.24, 2.45) is 0 Å². The van der Waals surface area contributed by atoms with Crippen LogP contribution < -0.4 is 14.5 Å². The first-order chi connectivity index (χ1) is 14.4. The molecule has 0 atom stereocenters. The monoisotopic (exact) mass is 405 g/mol. The minimum atomic E-state index is -0.163. The summed E-state index contributed by atoms with van der Waals surface area (Å²) in [5, 5.41) is 0. The zero-order chi connectivity index (χ0) is 21.3. The zero-order valence-electron chi connectivity index (χ0n) is 18.4. The molecule has 1 fully saturated rings. The quantitative estimate of drug-likeness (QED) is 0.709. The summed E-state index contributed by atoms with van der Waals surface area (Å²) in [5.41, 5.74) is 4.49. The first kappa shape index (κ1) is 20.5. The molecular formula is C25H31N3O2. The van der Waals surface area contributed by atoms with E-state index < -0.39 is 0 Å². The highest BCUT2D eigenvalue weighted by atomic mass is 16.5. The van der Waals surface area contributed by atoms with Crippen molar-refractivity contribution in [2.45, 2.75) is 19.3 Å². The fourth-order valence-electron chi connectivity index (χ4n) is 4.72. The molecule has 1 saturated heterocycles. The number of rotatable bonds is 5. The Hall–Kier alpha value is -2.79. The number of benzene rings is 2. The Kier molecular flexibility index (Phi) is 5.56. The van der Waals surface area contributed by atoms with E-state index in [1.807, 2.05) is 24.3 Å². The van der Waals surface area contributed by atoms with Crippen LogP contribution in [0, 0.1) is 0 Å². The van der Waals surface area contributed by atoms with Crippen molar-refractivity contribution in [3.63, 3.8) is 0 Å². The van der Waals surface area contributed by atoms with Gasteiger partial charge in [-0.15, -0.1) is 0 Å². The SMILES string of the molecule is COc1ccccc1N1CCN(CC(=O)/C=C2/N(C)c3ccccc3C2(C)C)CC1. The van der Waals surface area contributed by atoms with Gasteiger partial charge in [-0.25, -0.2) is 0 Å². The molecule has 2 aromatic carbocycles. The second-order valence-electron chi connectivity index (χ2n) is 8.63. The van der Waals surface area contributed by atoms with Gasteiger partial charge in [0.2, 0.25) is 0 Å². The highest BCUT2D eigenvalue weighted by Crippen LogP contribution is 2.46. The van der Waals surface area contributed by atoms with Crippen LogP contribution in [-0.4, -0.2) is 57.6 Å². The van der Waals surface area contributed by atoms with Crippen LogP contribution in [0.5, 0.6) is 5.75 Å². The zero-order valence-corrected chi connectivity index (χ0v) is 18.4. The van der Waals surface area contributed by atoms with Crippen molar-refractivity contribution in [1.82, 2.24) is 4.90 Å². The number of methoxy groups -OCH3 is 1. The highest BCUT2D eigenvalue weighted by molar-refractivity contribution is 5.94. The molecule has 4 rings (SSSR count).